The van der Waals surface area contributed by atoms with Gasteiger partial charge in [-0.2, -0.15) is 0 Å². The fourth-order valence-corrected chi connectivity index (χ4v) is 5.85. The highest BCUT2D eigenvalue weighted by Gasteiger charge is 2.49. The summed E-state index contributed by atoms with van der Waals surface area (Å²) in [5, 5.41) is 2.70. The number of nitrogens with zero attached hydrogens (tertiary/aromatic N) is 3. The van der Waals surface area contributed by atoms with E-state index in [1.807, 2.05) is 20.8 Å². The van der Waals surface area contributed by atoms with Gasteiger partial charge in [0.1, 0.15) is 0 Å². The summed E-state index contributed by atoms with van der Waals surface area (Å²) < 4.78 is 25.5. The van der Waals surface area contributed by atoms with E-state index in [9.17, 15) is 13.2 Å². The van der Waals surface area contributed by atoms with E-state index in [4.69, 9.17) is 0 Å². The Kier molecular flexibility index (Phi) is 4.02. The minimum atomic E-state index is -3.31. The zero-order valence-corrected chi connectivity index (χ0v) is 16.3. The Bertz CT molecular complexity index is 842. The van der Waals surface area contributed by atoms with E-state index in [1.54, 1.807) is 11.1 Å². The highest BCUT2D eigenvalue weighted by atomic mass is 32.2. The van der Waals surface area contributed by atoms with Gasteiger partial charge in [0.2, 0.25) is 11.9 Å². The number of amides is 1. The molecule has 1 saturated heterocycles. The Morgan fingerprint density at radius 1 is 1.31 bits per heavy atom. The maximum Gasteiger partial charge on any atom is 0.228 e. The molecule has 1 aliphatic carbocycles. The normalized spacial score (nSPS) is 27.0. The van der Waals surface area contributed by atoms with Crippen molar-refractivity contribution in [3.8, 4) is 0 Å². The Morgan fingerprint density at radius 2 is 2.04 bits per heavy atom. The summed E-state index contributed by atoms with van der Waals surface area (Å²) in [6.07, 6.45) is 4.12. The van der Waals surface area contributed by atoms with E-state index in [0.29, 0.717) is 24.0 Å². The Labute approximate surface area is 154 Å². The first kappa shape index (κ1) is 17.7. The third kappa shape index (κ3) is 3.19. The molecule has 1 saturated carbocycles. The van der Waals surface area contributed by atoms with Crippen molar-refractivity contribution in [2.24, 2.45) is 11.3 Å². The fraction of sp³-hybridized carbons (Fsp3) is 0.722. The first-order valence-corrected chi connectivity index (χ1v) is 11.0. The molecule has 0 spiro atoms. The van der Waals surface area contributed by atoms with Crippen LogP contribution in [0.1, 0.15) is 50.8 Å². The SMILES string of the molecule is CC(C)(C)C(=O)N1C[C@@H]2c3nc(NCC4CC4)ncc3CS(=O)(=O)[C@@H]2C1. The van der Waals surface area contributed by atoms with Crippen LogP contribution in [0.4, 0.5) is 5.95 Å². The van der Waals surface area contributed by atoms with Crippen LogP contribution in [-0.2, 0) is 20.4 Å². The monoisotopic (exact) mass is 378 g/mol. The average Bonchev–Trinajstić information content (AvgIpc) is 3.27. The molecule has 2 aliphatic heterocycles. The second kappa shape index (κ2) is 5.90. The summed E-state index contributed by atoms with van der Waals surface area (Å²) in [5.74, 6) is 0.956. The van der Waals surface area contributed by atoms with Crippen LogP contribution < -0.4 is 5.32 Å². The van der Waals surface area contributed by atoms with Gasteiger partial charge in [-0.3, -0.25) is 4.79 Å². The number of fused-ring (bicyclic) bond motifs is 3. The topological polar surface area (TPSA) is 92.3 Å². The molecule has 8 heteroatoms. The van der Waals surface area contributed by atoms with Crippen LogP contribution in [0.2, 0.25) is 0 Å². The Morgan fingerprint density at radius 3 is 2.69 bits per heavy atom. The summed E-state index contributed by atoms with van der Waals surface area (Å²) in [7, 11) is -3.31. The van der Waals surface area contributed by atoms with Gasteiger partial charge in [0, 0.05) is 42.7 Å². The molecule has 1 aromatic heterocycles. The number of likely N-dealkylation sites (tertiary alicyclic amines) is 1. The van der Waals surface area contributed by atoms with Crippen molar-refractivity contribution in [2.75, 3.05) is 25.0 Å². The van der Waals surface area contributed by atoms with Crippen molar-refractivity contribution < 1.29 is 13.2 Å². The summed E-state index contributed by atoms with van der Waals surface area (Å²) in [6, 6.07) is 0. The second-order valence-corrected chi connectivity index (χ2v) is 11.1. The molecule has 2 fully saturated rings. The number of hydrogen-bond acceptors (Lipinski definition) is 6. The largest absolute Gasteiger partial charge is 0.354 e. The standard InChI is InChI=1S/C18H26N4O3S/c1-18(2,3)16(23)22-8-13-14(9-22)26(24,25)10-12-7-20-17(21-15(12)13)19-6-11-4-5-11/h7,11,13-14H,4-6,8-10H2,1-3H3,(H,19,20,21)/t13-,14+/m0/s1. The smallest absolute Gasteiger partial charge is 0.228 e. The summed E-state index contributed by atoms with van der Waals surface area (Å²) >= 11 is 0. The van der Waals surface area contributed by atoms with Crippen LogP contribution in [0.5, 0.6) is 0 Å². The molecule has 0 radical (unpaired) electrons. The van der Waals surface area contributed by atoms with E-state index in [-0.39, 0.29) is 24.1 Å². The van der Waals surface area contributed by atoms with Crippen molar-refractivity contribution >= 4 is 21.7 Å². The van der Waals surface area contributed by atoms with Gasteiger partial charge in [-0.05, 0) is 18.8 Å². The van der Waals surface area contributed by atoms with Crippen LogP contribution in [0.15, 0.2) is 6.20 Å². The molecule has 1 N–H and O–H groups in total. The van der Waals surface area contributed by atoms with Crippen LogP contribution in [0.3, 0.4) is 0 Å². The van der Waals surface area contributed by atoms with Crippen LogP contribution >= 0.6 is 0 Å². The third-order valence-electron chi connectivity index (χ3n) is 5.51. The number of sulfone groups is 1. The lowest BCUT2D eigenvalue weighted by molar-refractivity contribution is -0.138. The van der Waals surface area contributed by atoms with Gasteiger partial charge in [-0.1, -0.05) is 20.8 Å². The van der Waals surface area contributed by atoms with Gasteiger partial charge in [0.15, 0.2) is 9.84 Å². The Hall–Kier alpha value is -1.70. The molecule has 3 aliphatic rings. The first-order chi connectivity index (χ1) is 12.1. The first-order valence-electron chi connectivity index (χ1n) is 9.26. The molecule has 0 bridgehead atoms. The van der Waals surface area contributed by atoms with Crippen molar-refractivity contribution in [3.63, 3.8) is 0 Å². The maximum atomic E-state index is 12.7. The molecular weight excluding hydrogens is 352 g/mol. The number of aromatic nitrogens is 2. The van der Waals surface area contributed by atoms with Gasteiger partial charge in [0.05, 0.1) is 16.7 Å². The highest BCUT2D eigenvalue weighted by Crippen LogP contribution is 2.40. The molecule has 1 aromatic rings. The summed E-state index contributed by atoms with van der Waals surface area (Å²) in [4.78, 5) is 23.3. The number of anilines is 1. The molecule has 3 heterocycles. The number of nitrogens with one attached hydrogen (secondary N) is 1. The summed E-state index contributed by atoms with van der Waals surface area (Å²) in [5.41, 5.74) is 0.943. The molecule has 7 nitrogen and oxygen atoms in total. The quantitative estimate of drug-likeness (QED) is 0.858. The third-order valence-corrected chi connectivity index (χ3v) is 7.62. The predicted octanol–water partition coefficient (Wildman–Crippen LogP) is 1.57. The van der Waals surface area contributed by atoms with E-state index >= 15 is 0 Å². The van der Waals surface area contributed by atoms with E-state index in [1.165, 1.54) is 12.8 Å². The molecular formula is C18H26N4O3S. The number of carbonyl (C=O) groups is 1. The van der Waals surface area contributed by atoms with Gasteiger partial charge in [-0.15, -0.1) is 0 Å². The lowest BCUT2D eigenvalue weighted by Gasteiger charge is -2.26. The molecule has 4 rings (SSSR count). The van der Waals surface area contributed by atoms with E-state index in [0.717, 1.165) is 12.2 Å². The lowest BCUT2D eigenvalue weighted by Crippen LogP contribution is -2.39. The summed E-state index contributed by atoms with van der Waals surface area (Å²) in [6.45, 7) is 7.12. The van der Waals surface area contributed by atoms with Gasteiger partial charge in [-0.25, -0.2) is 18.4 Å². The lowest BCUT2D eigenvalue weighted by atomic mass is 9.95. The van der Waals surface area contributed by atoms with Gasteiger partial charge < -0.3 is 10.2 Å². The van der Waals surface area contributed by atoms with Gasteiger partial charge >= 0.3 is 0 Å². The number of carbonyl (C=O) groups excluding carboxylic acids is 1. The molecule has 2 atom stereocenters. The molecule has 0 aromatic carbocycles. The van der Waals surface area contributed by atoms with E-state index < -0.39 is 20.5 Å². The Balaban J connectivity index is 1.63. The van der Waals surface area contributed by atoms with Crippen molar-refractivity contribution in [2.45, 2.75) is 50.5 Å². The van der Waals surface area contributed by atoms with Crippen LogP contribution in [0.25, 0.3) is 0 Å². The fourth-order valence-electron chi connectivity index (χ4n) is 3.86. The van der Waals surface area contributed by atoms with Crippen LogP contribution in [-0.4, -0.2) is 54.1 Å². The van der Waals surface area contributed by atoms with Crippen molar-refractivity contribution in [3.05, 3.63) is 17.5 Å². The maximum absolute atomic E-state index is 12.7. The number of hydrogen-bond donors (Lipinski definition) is 1. The number of rotatable bonds is 3. The van der Waals surface area contributed by atoms with Gasteiger partial charge in [0.25, 0.3) is 0 Å². The molecule has 1 amide bonds. The highest BCUT2D eigenvalue weighted by molar-refractivity contribution is 7.91. The molecule has 142 valence electrons. The van der Waals surface area contributed by atoms with Crippen molar-refractivity contribution in [1.29, 1.82) is 0 Å². The minimum Gasteiger partial charge on any atom is -0.354 e. The zero-order chi connectivity index (χ0) is 18.7. The van der Waals surface area contributed by atoms with E-state index in [2.05, 4.69) is 15.3 Å². The van der Waals surface area contributed by atoms with Crippen molar-refractivity contribution in [1.82, 2.24) is 14.9 Å². The van der Waals surface area contributed by atoms with Crippen LogP contribution in [0, 0.1) is 11.3 Å². The average molecular weight is 378 g/mol. The molecule has 26 heavy (non-hydrogen) atoms. The predicted molar refractivity (Wildman–Crippen MR) is 98.4 cm³/mol. The second-order valence-electron chi connectivity index (χ2n) is 8.84. The molecule has 0 unspecified atom stereocenters. The minimum absolute atomic E-state index is 0.00946. The zero-order valence-electron chi connectivity index (χ0n) is 15.5.